The molecule has 0 unspecified atom stereocenters. The molecular weight excluding hydrogens is 264 g/mol. The van der Waals surface area contributed by atoms with E-state index in [0.717, 1.165) is 30.7 Å². The predicted octanol–water partition coefficient (Wildman–Crippen LogP) is 2.48. The lowest BCUT2D eigenvalue weighted by Crippen LogP contribution is -2.16. The van der Waals surface area contributed by atoms with Gasteiger partial charge < -0.3 is 5.32 Å². The summed E-state index contributed by atoms with van der Waals surface area (Å²) in [7, 11) is 0. The predicted molar refractivity (Wildman–Crippen MR) is 74.9 cm³/mol. The highest BCUT2D eigenvalue weighted by atomic mass is 32.1. The maximum atomic E-state index is 4.60. The number of hydrogen-bond acceptors (Lipinski definition) is 6. The van der Waals surface area contributed by atoms with E-state index >= 15 is 0 Å². The molecule has 18 heavy (non-hydrogen) atoms. The van der Waals surface area contributed by atoms with Crippen LogP contribution >= 0.6 is 22.9 Å². The van der Waals surface area contributed by atoms with Gasteiger partial charge in [-0.15, -0.1) is 16.4 Å². The van der Waals surface area contributed by atoms with Crippen molar-refractivity contribution in [3.05, 3.63) is 40.3 Å². The van der Waals surface area contributed by atoms with Gasteiger partial charge in [0.05, 0.1) is 20.9 Å². The van der Waals surface area contributed by atoms with Gasteiger partial charge in [-0.1, -0.05) is 16.6 Å². The molecule has 4 nitrogen and oxygen atoms in total. The smallest absolute Gasteiger partial charge is 0.0951 e. The molecule has 0 aliphatic carbocycles. The third kappa shape index (κ3) is 2.72. The van der Waals surface area contributed by atoms with Crippen molar-refractivity contribution in [1.29, 1.82) is 0 Å². The number of fused-ring (bicyclic) bond motifs is 1. The van der Waals surface area contributed by atoms with E-state index in [-0.39, 0.29) is 0 Å². The summed E-state index contributed by atoms with van der Waals surface area (Å²) in [5, 5.41) is 10.5. The molecule has 0 spiro atoms. The minimum atomic E-state index is 0.779. The van der Waals surface area contributed by atoms with Crippen LogP contribution in [0.2, 0.25) is 0 Å². The van der Waals surface area contributed by atoms with Crippen molar-refractivity contribution in [1.82, 2.24) is 19.9 Å². The fraction of sp³-hybridized carbons (Fsp3) is 0.250. The zero-order valence-electron chi connectivity index (χ0n) is 9.67. The normalized spacial score (nSPS) is 11.1. The van der Waals surface area contributed by atoms with Gasteiger partial charge in [0.25, 0.3) is 0 Å². The highest BCUT2D eigenvalue weighted by Crippen LogP contribution is 2.21. The summed E-state index contributed by atoms with van der Waals surface area (Å²) in [5.74, 6) is 0. The lowest BCUT2D eigenvalue weighted by Gasteiger charge is -1.99. The third-order valence-electron chi connectivity index (χ3n) is 2.57. The fourth-order valence-corrected chi connectivity index (χ4v) is 3.12. The first-order valence-corrected chi connectivity index (χ1v) is 7.38. The van der Waals surface area contributed by atoms with Crippen molar-refractivity contribution in [2.24, 2.45) is 0 Å². The van der Waals surface area contributed by atoms with Gasteiger partial charge in [-0.3, -0.25) is 0 Å². The van der Waals surface area contributed by atoms with Crippen LogP contribution in [0.5, 0.6) is 0 Å². The molecule has 6 heteroatoms. The van der Waals surface area contributed by atoms with Gasteiger partial charge in [-0.05, 0) is 23.7 Å². The van der Waals surface area contributed by atoms with Gasteiger partial charge in [0, 0.05) is 24.9 Å². The Morgan fingerprint density at radius 3 is 3.00 bits per heavy atom. The molecule has 0 aliphatic heterocycles. The Balaban J connectivity index is 1.53. The third-order valence-corrected chi connectivity index (χ3v) is 4.21. The zero-order chi connectivity index (χ0) is 12.2. The lowest BCUT2D eigenvalue weighted by molar-refractivity contribution is 0.672. The molecule has 0 saturated heterocycles. The summed E-state index contributed by atoms with van der Waals surface area (Å²) in [6.45, 7) is 1.69. The molecule has 92 valence electrons. The minimum absolute atomic E-state index is 0.779. The first kappa shape index (κ1) is 11.7. The van der Waals surface area contributed by atoms with E-state index in [9.17, 15) is 0 Å². The van der Waals surface area contributed by atoms with Gasteiger partial charge in [0.1, 0.15) is 0 Å². The number of hydrogen-bond donors (Lipinski definition) is 1. The van der Waals surface area contributed by atoms with Crippen molar-refractivity contribution < 1.29 is 0 Å². The van der Waals surface area contributed by atoms with Gasteiger partial charge in [0.2, 0.25) is 0 Å². The second-order valence-corrected chi connectivity index (χ2v) is 5.62. The maximum Gasteiger partial charge on any atom is 0.0951 e. The first-order chi connectivity index (χ1) is 8.92. The maximum absolute atomic E-state index is 4.60. The van der Waals surface area contributed by atoms with Crippen molar-refractivity contribution in [3.8, 4) is 0 Å². The summed E-state index contributed by atoms with van der Waals surface area (Å²) in [6, 6.07) is 8.26. The standard InChI is InChI=1S/C12H12N4S2/c1-2-4-11-10(3-1)14-12(18-11)5-6-13-7-9-8-17-16-15-9/h1-4,8,13H,5-7H2. The second kappa shape index (κ2) is 5.51. The van der Waals surface area contributed by atoms with Crippen LogP contribution in [0, 0.1) is 0 Å². The topological polar surface area (TPSA) is 50.7 Å². The summed E-state index contributed by atoms with van der Waals surface area (Å²) < 4.78 is 5.09. The summed E-state index contributed by atoms with van der Waals surface area (Å²) in [5.41, 5.74) is 2.10. The van der Waals surface area contributed by atoms with E-state index in [2.05, 4.69) is 38.1 Å². The Hall–Kier alpha value is -1.37. The quantitative estimate of drug-likeness (QED) is 0.727. The number of rotatable bonds is 5. The van der Waals surface area contributed by atoms with Crippen LogP contribution in [-0.4, -0.2) is 21.1 Å². The van der Waals surface area contributed by atoms with Gasteiger partial charge >= 0.3 is 0 Å². The van der Waals surface area contributed by atoms with Gasteiger partial charge in [-0.2, -0.15) is 0 Å². The highest BCUT2D eigenvalue weighted by molar-refractivity contribution is 7.18. The minimum Gasteiger partial charge on any atom is -0.311 e. The van der Waals surface area contributed by atoms with Crippen LogP contribution in [0.4, 0.5) is 0 Å². The van der Waals surface area contributed by atoms with E-state index in [1.54, 1.807) is 11.3 Å². The van der Waals surface area contributed by atoms with Crippen LogP contribution in [0.1, 0.15) is 10.7 Å². The molecule has 0 amide bonds. The Kier molecular flexibility index (Phi) is 3.59. The fourth-order valence-electron chi connectivity index (χ4n) is 1.70. The largest absolute Gasteiger partial charge is 0.311 e. The van der Waals surface area contributed by atoms with Gasteiger partial charge in [0.15, 0.2) is 0 Å². The Labute approximate surface area is 113 Å². The molecule has 2 aromatic heterocycles. The van der Waals surface area contributed by atoms with E-state index in [0.29, 0.717) is 0 Å². The lowest BCUT2D eigenvalue weighted by atomic mass is 10.3. The number of para-hydroxylation sites is 1. The van der Waals surface area contributed by atoms with Gasteiger partial charge in [-0.25, -0.2) is 4.98 Å². The van der Waals surface area contributed by atoms with Crippen LogP contribution in [-0.2, 0) is 13.0 Å². The summed E-state index contributed by atoms with van der Waals surface area (Å²) in [4.78, 5) is 4.60. The average Bonchev–Trinajstić information content (AvgIpc) is 3.03. The molecule has 3 rings (SSSR count). The highest BCUT2D eigenvalue weighted by Gasteiger charge is 2.02. The van der Waals surface area contributed by atoms with E-state index in [4.69, 9.17) is 0 Å². The van der Waals surface area contributed by atoms with Crippen molar-refractivity contribution in [2.75, 3.05) is 6.54 Å². The van der Waals surface area contributed by atoms with Crippen LogP contribution < -0.4 is 5.32 Å². The molecule has 0 fully saturated rings. The molecule has 0 bridgehead atoms. The van der Waals surface area contributed by atoms with Crippen LogP contribution in [0.25, 0.3) is 10.2 Å². The molecule has 0 saturated carbocycles. The van der Waals surface area contributed by atoms with Crippen molar-refractivity contribution >= 4 is 33.1 Å². The van der Waals surface area contributed by atoms with E-state index < -0.39 is 0 Å². The molecule has 1 N–H and O–H groups in total. The summed E-state index contributed by atoms with van der Waals surface area (Å²) >= 11 is 3.15. The molecule has 1 aromatic carbocycles. The number of benzene rings is 1. The SMILES string of the molecule is c1ccc2sc(CCNCc3csnn3)nc2c1. The number of nitrogens with one attached hydrogen (secondary N) is 1. The number of aromatic nitrogens is 3. The Morgan fingerprint density at radius 2 is 2.17 bits per heavy atom. The molecular formula is C12H12N4S2. The average molecular weight is 276 g/mol. The first-order valence-electron chi connectivity index (χ1n) is 5.73. The molecule has 2 heterocycles. The number of nitrogens with zero attached hydrogens (tertiary/aromatic N) is 3. The Morgan fingerprint density at radius 1 is 1.22 bits per heavy atom. The van der Waals surface area contributed by atoms with Crippen molar-refractivity contribution in [3.63, 3.8) is 0 Å². The van der Waals surface area contributed by atoms with Crippen LogP contribution in [0.3, 0.4) is 0 Å². The van der Waals surface area contributed by atoms with E-state index in [1.165, 1.54) is 21.2 Å². The van der Waals surface area contributed by atoms with E-state index in [1.807, 2.05) is 11.4 Å². The molecule has 3 aromatic rings. The number of thiazole rings is 1. The monoisotopic (exact) mass is 276 g/mol. The molecule has 0 atom stereocenters. The molecule has 0 radical (unpaired) electrons. The molecule has 0 aliphatic rings. The van der Waals surface area contributed by atoms with Crippen molar-refractivity contribution in [2.45, 2.75) is 13.0 Å². The second-order valence-electron chi connectivity index (χ2n) is 3.90. The Bertz CT molecular complexity index is 585. The van der Waals surface area contributed by atoms with Crippen LogP contribution in [0.15, 0.2) is 29.6 Å². The zero-order valence-corrected chi connectivity index (χ0v) is 11.3. The summed E-state index contributed by atoms with van der Waals surface area (Å²) in [6.07, 6.45) is 0.955.